The molecule has 1 aromatic heterocycles. The lowest BCUT2D eigenvalue weighted by molar-refractivity contribution is 0.0664. The van der Waals surface area contributed by atoms with Gasteiger partial charge in [-0.3, -0.25) is 0 Å². The maximum absolute atomic E-state index is 10.1. The van der Waals surface area contributed by atoms with Gasteiger partial charge in [-0.15, -0.1) is 0 Å². The van der Waals surface area contributed by atoms with Gasteiger partial charge in [-0.2, -0.15) is 0 Å². The lowest BCUT2D eigenvalue weighted by Gasteiger charge is -1.82. The van der Waals surface area contributed by atoms with Crippen LogP contribution in [0.15, 0.2) is 16.5 Å². The average molecular weight is 122 g/mol. The fraction of sp³-hybridized carbons (Fsp3) is 0. The van der Waals surface area contributed by atoms with Crippen molar-refractivity contribution < 1.29 is 14.3 Å². The van der Waals surface area contributed by atoms with Crippen molar-refractivity contribution in [3.63, 3.8) is 0 Å². The molecule has 0 amide bonds. The molecule has 0 unspecified atom stereocenters. The van der Waals surface area contributed by atoms with Gasteiger partial charge in [-0.05, 0) is 12.1 Å². The van der Waals surface area contributed by atoms with Gasteiger partial charge in [0, 0.05) is 5.66 Å². The van der Waals surface area contributed by atoms with E-state index < -0.39 is 5.97 Å². The van der Waals surface area contributed by atoms with Crippen molar-refractivity contribution in [3.8, 4) is 0 Å². The highest BCUT2D eigenvalue weighted by Crippen LogP contribution is 1.94. The SMILES string of the molecule is [B]c1ccc(C(=O)O)o1. The van der Waals surface area contributed by atoms with E-state index in [0.29, 0.717) is 0 Å². The van der Waals surface area contributed by atoms with Crippen LogP contribution in [0.3, 0.4) is 0 Å². The summed E-state index contributed by atoms with van der Waals surface area (Å²) in [6.45, 7) is 0. The Bertz CT molecular complexity index is 228. The molecule has 0 saturated heterocycles. The normalized spacial score (nSPS) is 9.33. The maximum atomic E-state index is 10.1. The molecular formula is C5H3BO3. The number of furan rings is 1. The molecule has 1 rings (SSSR count). The first-order valence-corrected chi connectivity index (χ1v) is 2.29. The topological polar surface area (TPSA) is 50.4 Å². The van der Waals surface area contributed by atoms with Gasteiger partial charge in [0.15, 0.2) is 7.85 Å². The van der Waals surface area contributed by atoms with Crippen LogP contribution < -0.4 is 5.66 Å². The zero-order valence-electron chi connectivity index (χ0n) is 4.50. The van der Waals surface area contributed by atoms with Gasteiger partial charge in [0.1, 0.15) is 0 Å². The lowest BCUT2D eigenvalue weighted by Crippen LogP contribution is -1.97. The molecule has 0 aliphatic carbocycles. The van der Waals surface area contributed by atoms with E-state index >= 15 is 0 Å². The molecule has 3 nitrogen and oxygen atoms in total. The Hall–Kier alpha value is -1.19. The van der Waals surface area contributed by atoms with Crippen LogP contribution in [0.25, 0.3) is 0 Å². The van der Waals surface area contributed by atoms with E-state index in [1.807, 2.05) is 0 Å². The van der Waals surface area contributed by atoms with Crippen LogP contribution in [-0.4, -0.2) is 18.9 Å². The molecule has 2 radical (unpaired) electrons. The van der Waals surface area contributed by atoms with Gasteiger partial charge in [0.2, 0.25) is 5.76 Å². The number of hydrogen-bond donors (Lipinski definition) is 1. The van der Waals surface area contributed by atoms with Crippen molar-refractivity contribution in [1.29, 1.82) is 0 Å². The fourth-order valence-corrected chi connectivity index (χ4v) is 0.468. The van der Waals surface area contributed by atoms with E-state index in [2.05, 4.69) is 4.42 Å². The minimum Gasteiger partial charge on any atom is -0.475 e. The Balaban J connectivity index is 2.98. The standard InChI is InChI=1S/C5H3BO3/c6-4-2-1-3(9-4)5(7)8/h1-2H,(H,7,8). The summed E-state index contributed by atoms with van der Waals surface area (Å²) in [5.74, 6) is -1.24. The minimum atomic E-state index is -1.10. The van der Waals surface area contributed by atoms with Crippen molar-refractivity contribution in [3.05, 3.63) is 17.9 Å². The van der Waals surface area contributed by atoms with E-state index in [-0.39, 0.29) is 11.4 Å². The smallest absolute Gasteiger partial charge is 0.371 e. The average Bonchev–Trinajstić information content (AvgIpc) is 2.14. The molecule has 0 spiro atoms. The molecule has 0 aliphatic heterocycles. The molecular weight excluding hydrogens is 119 g/mol. The molecule has 0 aliphatic rings. The maximum Gasteiger partial charge on any atom is 0.371 e. The third-order valence-corrected chi connectivity index (χ3v) is 0.838. The first-order chi connectivity index (χ1) is 4.20. The minimum absolute atomic E-state index is 0.118. The molecule has 4 heteroatoms. The van der Waals surface area contributed by atoms with Crippen LogP contribution in [0.4, 0.5) is 0 Å². The summed E-state index contributed by atoms with van der Waals surface area (Å²) in [5, 5.41) is 8.25. The van der Waals surface area contributed by atoms with Gasteiger partial charge in [0.05, 0.1) is 0 Å². The molecule has 1 N–H and O–H groups in total. The number of aromatic carboxylic acids is 1. The van der Waals surface area contributed by atoms with E-state index in [0.717, 1.165) is 0 Å². The predicted octanol–water partition coefficient (Wildman–Crippen LogP) is -0.228. The Kier molecular flexibility index (Phi) is 1.30. The zero-order valence-corrected chi connectivity index (χ0v) is 4.50. The van der Waals surface area contributed by atoms with E-state index in [1.54, 1.807) is 0 Å². The van der Waals surface area contributed by atoms with Crippen molar-refractivity contribution in [2.24, 2.45) is 0 Å². The monoisotopic (exact) mass is 122 g/mol. The predicted molar refractivity (Wildman–Crippen MR) is 31.1 cm³/mol. The Labute approximate surface area is 52.7 Å². The summed E-state index contributed by atoms with van der Waals surface area (Å²) in [4.78, 5) is 10.1. The summed E-state index contributed by atoms with van der Waals surface area (Å²) in [6.07, 6.45) is 0. The van der Waals surface area contributed by atoms with Crippen LogP contribution in [0.1, 0.15) is 10.6 Å². The van der Waals surface area contributed by atoms with Crippen LogP contribution in [0, 0.1) is 0 Å². The van der Waals surface area contributed by atoms with Crippen molar-refractivity contribution >= 4 is 19.5 Å². The Morgan fingerprint density at radius 3 is 2.56 bits per heavy atom. The molecule has 44 valence electrons. The van der Waals surface area contributed by atoms with E-state index in [9.17, 15) is 4.79 Å². The van der Waals surface area contributed by atoms with Crippen LogP contribution in [0.2, 0.25) is 0 Å². The molecule has 0 saturated carbocycles. The van der Waals surface area contributed by atoms with E-state index in [1.165, 1.54) is 12.1 Å². The summed E-state index contributed by atoms with van der Waals surface area (Å²) >= 11 is 0. The molecule has 1 heterocycles. The zero-order chi connectivity index (χ0) is 6.85. The number of hydrogen-bond acceptors (Lipinski definition) is 2. The van der Waals surface area contributed by atoms with Crippen molar-refractivity contribution in [2.45, 2.75) is 0 Å². The first kappa shape index (κ1) is 5.94. The Morgan fingerprint density at radius 2 is 2.33 bits per heavy atom. The second kappa shape index (κ2) is 1.97. The number of carboxylic acids is 1. The third-order valence-electron chi connectivity index (χ3n) is 0.838. The van der Waals surface area contributed by atoms with Gasteiger partial charge in [-0.25, -0.2) is 4.79 Å². The van der Waals surface area contributed by atoms with Gasteiger partial charge >= 0.3 is 5.97 Å². The third kappa shape index (κ3) is 1.13. The molecule has 0 atom stereocenters. The molecule has 1 aromatic rings. The summed E-state index contributed by atoms with van der Waals surface area (Å²) in [7, 11) is 5.09. The quantitative estimate of drug-likeness (QED) is 0.523. The fourth-order valence-electron chi connectivity index (χ4n) is 0.468. The highest BCUT2D eigenvalue weighted by molar-refractivity contribution is 6.29. The van der Waals surface area contributed by atoms with Gasteiger partial charge in [0.25, 0.3) is 0 Å². The molecule has 0 fully saturated rings. The van der Waals surface area contributed by atoms with Crippen LogP contribution in [-0.2, 0) is 0 Å². The molecule has 9 heavy (non-hydrogen) atoms. The summed E-state index contributed by atoms with van der Waals surface area (Å²) < 4.78 is 4.52. The van der Waals surface area contributed by atoms with Gasteiger partial charge in [-0.1, -0.05) is 0 Å². The number of carbonyl (C=O) groups is 1. The largest absolute Gasteiger partial charge is 0.475 e. The first-order valence-electron chi connectivity index (χ1n) is 2.29. The highest BCUT2D eigenvalue weighted by Gasteiger charge is 2.04. The number of carboxylic acid groups (broad SMARTS) is 1. The lowest BCUT2D eigenvalue weighted by atomic mass is 10.1. The second-order valence-corrected chi connectivity index (χ2v) is 1.51. The van der Waals surface area contributed by atoms with Crippen LogP contribution in [0.5, 0.6) is 0 Å². The second-order valence-electron chi connectivity index (χ2n) is 1.51. The van der Waals surface area contributed by atoms with E-state index in [4.69, 9.17) is 13.0 Å². The number of rotatable bonds is 1. The summed E-state index contributed by atoms with van der Waals surface area (Å²) in [5.41, 5.74) is 0.118. The molecule has 0 bridgehead atoms. The Morgan fingerprint density at radius 1 is 1.67 bits per heavy atom. The highest BCUT2D eigenvalue weighted by atomic mass is 16.4. The van der Waals surface area contributed by atoms with Gasteiger partial charge < -0.3 is 9.52 Å². The van der Waals surface area contributed by atoms with Crippen molar-refractivity contribution in [1.82, 2.24) is 0 Å². The van der Waals surface area contributed by atoms with Crippen molar-refractivity contribution in [2.75, 3.05) is 0 Å². The molecule has 0 aromatic carbocycles. The van der Waals surface area contributed by atoms with Crippen LogP contribution >= 0.6 is 0 Å². The summed E-state index contributed by atoms with van der Waals surface area (Å²) in [6, 6.07) is 2.70.